The van der Waals surface area contributed by atoms with Gasteiger partial charge in [0.15, 0.2) is 0 Å². The second-order valence-electron chi connectivity index (χ2n) is 7.47. The molecule has 1 amide bonds. The Morgan fingerprint density at radius 3 is 2.63 bits per heavy atom. The van der Waals surface area contributed by atoms with E-state index in [2.05, 4.69) is 45.5 Å². The van der Waals surface area contributed by atoms with E-state index < -0.39 is 0 Å². The first-order valence-corrected chi connectivity index (χ1v) is 9.56. The van der Waals surface area contributed by atoms with Gasteiger partial charge in [-0.2, -0.15) is 5.10 Å². The Bertz CT molecular complexity index is 1090. The Morgan fingerprint density at radius 2 is 1.81 bits per heavy atom. The summed E-state index contributed by atoms with van der Waals surface area (Å²) in [6.07, 6.45) is 5.04. The van der Waals surface area contributed by atoms with E-state index in [4.69, 9.17) is 0 Å². The minimum absolute atomic E-state index is 0.0982. The smallest absolute Gasteiger partial charge is 0.270 e. The predicted molar refractivity (Wildman–Crippen MR) is 107 cm³/mol. The molecule has 0 unspecified atom stereocenters. The lowest BCUT2D eigenvalue weighted by atomic mass is 9.90. The number of benzene rings is 2. The van der Waals surface area contributed by atoms with Gasteiger partial charge in [-0.25, -0.2) is 0 Å². The third kappa shape index (κ3) is 2.99. The van der Waals surface area contributed by atoms with Crippen molar-refractivity contribution < 1.29 is 4.79 Å². The van der Waals surface area contributed by atoms with Gasteiger partial charge in [-0.05, 0) is 48.9 Å². The van der Waals surface area contributed by atoms with Crippen LogP contribution in [0.2, 0.25) is 0 Å². The zero-order valence-corrected chi connectivity index (χ0v) is 15.1. The van der Waals surface area contributed by atoms with Crippen LogP contribution in [-0.2, 0) is 6.42 Å². The second kappa shape index (κ2) is 6.58. The first-order chi connectivity index (χ1) is 13.3. The summed E-state index contributed by atoms with van der Waals surface area (Å²) in [5.74, 6) is 0.755. The zero-order valence-electron chi connectivity index (χ0n) is 15.1. The third-order valence-electron chi connectivity index (χ3n) is 5.72. The second-order valence-corrected chi connectivity index (χ2v) is 7.47. The molecule has 5 heteroatoms. The fourth-order valence-corrected chi connectivity index (χ4v) is 4.20. The van der Waals surface area contributed by atoms with Crippen LogP contribution in [-0.4, -0.2) is 39.1 Å². The molecule has 4 aromatic rings. The first kappa shape index (κ1) is 16.1. The molecule has 5 nitrogen and oxygen atoms in total. The molecule has 0 radical (unpaired) electrons. The minimum Gasteiger partial charge on any atom is -0.351 e. The lowest BCUT2D eigenvalue weighted by molar-refractivity contribution is 0.0685. The maximum Gasteiger partial charge on any atom is 0.270 e. The fraction of sp³-hybridized carbons (Fsp3) is 0.273. The van der Waals surface area contributed by atoms with E-state index in [1.807, 2.05) is 29.3 Å². The standard InChI is InChI=1S/C22H22N4O/c27-22(21-13-17-18-14-23-25-20(18)7-6-19(17)24-21)26-10-8-16(9-11-26)12-15-4-2-1-3-5-15/h1-7,13-14,16,24H,8-12H2,(H,23,25). The number of nitrogens with one attached hydrogen (secondary N) is 2. The summed E-state index contributed by atoms with van der Waals surface area (Å²) in [5, 5.41) is 9.17. The molecule has 1 saturated heterocycles. The summed E-state index contributed by atoms with van der Waals surface area (Å²) in [5.41, 5.74) is 4.02. The molecule has 3 heterocycles. The molecule has 2 aromatic heterocycles. The molecule has 0 atom stereocenters. The van der Waals surface area contributed by atoms with Crippen molar-refractivity contribution in [3.8, 4) is 0 Å². The molecular formula is C22H22N4O. The SMILES string of the molecule is O=C(c1cc2c(ccc3[nH]ncc32)[nH]1)N1CCC(Cc2ccccc2)CC1. The van der Waals surface area contributed by atoms with E-state index in [1.165, 1.54) is 5.56 Å². The van der Waals surface area contributed by atoms with Gasteiger partial charge in [0.2, 0.25) is 0 Å². The number of hydrogen-bond donors (Lipinski definition) is 2. The molecule has 1 fully saturated rings. The number of carbonyl (C=O) groups excluding carboxylic acids is 1. The number of fused-ring (bicyclic) bond motifs is 3. The fourth-order valence-electron chi connectivity index (χ4n) is 4.20. The summed E-state index contributed by atoms with van der Waals surface area (Å²) in [4.78, 5) is 18.3. The van der Waals surface area contributed by atoms with Gasteiger partial charge in [0.1, 0.15) is 5.69 Å². The molecule has 136 valence electrons. The summed E-state index contributed by atoms with van der Waals surface area (Å²) in [7, 11) is 0. The van der Waals surface area contributed by atoms with E-state index in [-0.39, 0.29) is 5.91 Å². The number of aromatic amines is 2. The van der Waals surface area contributed by atoms with Crippen molar-refractivity contribution >= 4 is 27.7 Å². The highest BCUT2D eigenvalue weighted by molar-refractivity contribution is 6.08. The van der Waals surface area contributed by atoms with Gasteiger partial charge in [0, 0.05) is 29.4 Å². The maximum atomic E-state index is 13.0. The van der Waals surface area contributed by atoms with Crippen LogP contribution in [0.15, 0.2) is 54.7 Å². The van der Waals surface area contributed by atoms with Gasteiger partial charge < -0.3 is 9.88 Å². The van der Waals surface area contributed by atoms with E-state index >= 15 is 0 Å². The van der Waals surface area contributed by atoms with Crippen molar-refractivity contribution in [2.24, 2.45) is 5.92 Å². The zero-order chi connectivity index (χ0) is 18.2. The Kier molecular flexibility index (Phi) is 3.93. The molecule has 0 aliphatic carbocycles. The number of likely N-dealkylation sites (tertiary alicyclic amines) is 1. The van der Waals surface area contributed by atoms with Gasteiger partial charge in [-0.1, -0.05) is 30.3 Å². The van der Waals surface area contributed by atoms with Crippen molar-refractivity contribution in [3.63, 3.8) is 0 Å². The van der Waals surface area contributed by atoms with Crippen molar-refractivity contribution in [2.45, 2.75) is 19.3 Å². The van der Waals surface area contributed by atoms with Crippen molar-refractivity contribution in [1.82, 2.24) is 20.1 Å². The lowest BCUT2D eigenvalue weighted by Crippen LogP contribution is -2.39. The molecule has 2 N–H and O–H groups in total. The number of H-pyrrole nitrogens is 2. The molecule has 0 bridgehead atoms. The van der Waals surface area contributed by atoms with E-state index in [1.54, 1.807) is 0 Å². The highest BCUT2D eigenvalue weighted by Gasteiger charge is 2.25. The van der Waals surface area contributed by atoms with Gasteiger partial charge in [0.25, 0.3) is 5.91 Å². The Labute approximate surface area is 157 Å². The molecule has 2 aromatic carbocycles. The summed E-state index contributed by atoms with van der Waals surface area (Å²) in [6, 6.07) is 16.6. The summed E-state index contributed by atoms with van der Waals surface area (Å²) >= 11 is 0. The Hall–Kier alpha value is -3.08. The number of aromatic nitrogens is 3. The van der Waals surface area contributed by atoms with E-state index in [0.717, 1.165) is 54.2 Å². The quantitative estimate of drug-likeness (QED) is 0.578. The minimum atomic E-state index is 0.0982. The average Bonchev–Trinajstić information content (AvgIpc) is 3.35. The maximum absolute atomic E-state index is 13.0. The van der Waals surface area contributed by atoms with E-state index in [0.29, 0.717) is 11.6 Å². The molecule has 1 aliphatic rings. The molecular weight excluding hydrogens is 336 g/mol. The number of carbonyl (C=O) groups is 1. The van der Waals surface area contributed by atoms with Crippen LogP contribution in [0, 0.1) is 5.92 Å². The van der Waals surface area contributed by atoms with Crippen LogP contribution in [0.3, 0.4) is 0 Å². The van der Waals surface area contributed by atoms with Gasteiger partial charge >= 0.3 is 0 Å². The highest BCUT2D eigenvalue weighted by Crippen LogP contribution is 2.27. The number of rotatable bonds is 3. The van der Waals surface area contributed by atoms with Crippen molar-refractivity contribution in [2.75, 3.05) is 13.1 Å². The average molecular weight is 358 g/mol. The predicted octanol–water partition coefficient (Wildman–Crippen LogP) is 4.14. The number of nitrogens with zero attached hydrogens (tertiary/aromatic N) is 2. The Morgan fingerprint density at radius 1 is 1.04 bits per heavy atom. The van der Waals surface area contributed by atoms with Crippen LogP contribution in [0.25, 0.3) is 21.8 Å². The Balaban J connectivity index is 1.30. The van der Waals surface area contributed by atoms with Crippen LogP contribution in [0.4, 0.5) is 0 Å². The van der Waals surface area contributed by atoms with Gasteiger partial charge in [-0.3, -0.25) is 9.89 Å². The van der Waals surface area contributed by atoms with Crippen LogP contribution in [0.1, 0.15) is 28.9 Å². The van der Waals surface area contributed by atoms with Gasteiger partial charge in [-0.15, -0.1) is 0 Å². The molecule has 27 heavy (non-hydrogen) atoms. The summed E-state index contributed by atoms with van der Waals surface area (Å²) < 4.78 is 0. The normalized spacial score (nSPS) is 15.6. The molecule has 5 rings (SSSR count). The highest BCUT2D eigenvalue weighted by atomic mass is 16.2. The number of amides is 1. The molecule has 0 spiro atoms. The lowest BCUT2D eigenvalue weighted by Gasteiger charge is -2.31. The molecule has 1 aliphatic heterocycles. The van der Waals surface area contributed by atoms with Crippen LogP contribution >= 0.6 is 0 Å². The topological polar surface area (TPSA) is 64.8 Å². The van der Waals surface area contributed by atoms with Crippen molar-refractivity contribution in [1.29, 1.82) is 0 Å². The van der Waals surface area contributed by atoms with E-state index in [9.17, 15) is 4.79 Å². The number of hydrogen-bond acceptors (Lipinski definition) is 2. The van der Waals surface area contributed by atoms with Crippen LogP contribution < -0.4 is 0 Å². The largest absolute Gasteiger partial charge is 0.351 e. The summed E-state index contributed by atoms with van der Waals surface area (Å²) in [6.45, 7) is 1.65. The third-order valence-corrected chi connectivity index (χ3v) is 5.72. The van der Waals surface area contributed by atoms with Crippen LogP contribution in [0.5, 0.6) is 0 Å². The van der Waals surface area contributed by atoms with Crippen molar-refractivity contribution in [3.05, 3.63) is 66.0 Å². The first-order valence-electron chi connectivity index (χ1n) is 9.56. The van der Waals surface area contributed by atoms with Gasteiger partial charge in [0.05, 0.1) is 11.7 Å². The monoisotopic (exact) mass is 358 g/mol. The number of piperidine rings is 1. The molecule has 0 saturated carbocycles.